The van der Waals surface area contributed by atoms with Crippen molar-refractivity contribution in [3.05, 3.63) is 47.6 Å². The summed E-state index contributed by atoms with van der Waals surface area (Å²) in [4.78, 5) is 63.5. The lowest BCUT2D eigenvalue weighted by molar-refractivity contribution is -0.187. The third-order valence-corrected chi connectivity index (χ3v) is 7.54. The molecule has 0 radical (unpaired) electrons. The Balaban J connectivity index is 2.13. The van der Waals surface area contributed by atoms with E-state index in [9.17, 15) is 24.0 Å². The van der Waals surface area contributed by atoms with E-state index in [1.165, 1.54) is 19.1 Å². The maximum absolute atomic E-state index is 13.3. The number of carbonyl (C=O) groups is 5. The second kappa shape index (κ2) is 10.2. The highest BCUT2D eigenvalue weighted by atomic mass is 16.6. The molecular weight excluding hydrogens is 468 g/mol. The lowest BCUT2D eigenvalue weighted by Crippen LogP contribution is -2.55. The highest BCUT2D eigenvalue weighted by Gasteiger charge is 2.65. The van der Waals surface area contributed by atoms with Crippen LogP contribution in [0.15, 0.2) is 47.6 Å². The van der Waals surface area contributed by atoms with Gasteiger partial charge in [-0.05, 0) is 39.7 Å². The average molecular weight is 501 g/mol. The number of carbonyl (C=O) groups excluding carboxylic acids is 5. The molecular formula is C27H32O9. The van der Waals surface area contributed by atoms with Crippen LogP contribution in [0.4, 0.5) is 0 Å². The lowest BCUT2D eigenvalue weighted by Gasteiger charge is -2.42. The molecule has 1 saturated heterocycles. The molecule has 7 unspecified atom stereocenters. The summed E-state index contributed by atoms with van der Waals surface area (Å²) in [6.07, 6.45) is 3.03. The quantitative estimate of drug-likeness (QED) is 0.308. The number of fused-ring (bicyclic) bond motifs is 3. The average Bonchev–Trinajstić information content (AvgIpc) is 3.11. The lowest BCUT2D eigenvalue weighted by atomic mass is 9.67. The summed E-state index contributed by atoms with van der Waals surface area (Å²) in [6.45, 7) is 13.1. The Hall–Kier alpha value is -3.49. The molecule has 0 aromatic rings. The maximum Gasteiger partial charge on any atom is 0.337 e. The van der Waals surface area contributed by atoms with Crippen molar-refractivity contribution < 1.29 is 42.9 Å². The Kier molecular flexibility index (Phi) is 7.71. The highest BCUT2D eigenvalue weighted by Crippen LogP contribution is 2.55. The third kappa shape index (κ3) is 4.54. The van der Waals surface area contributed by atoms with Crippen molar-refractivity contribution in [2.75, 3.05) is 6.61 Å². The summed E-state index contributed by atoms with van der Waals surface area (Å²) < 4.78 is 22.4. The Morgan fingerprint density at radius 1 is 1.11 bits per heavy atom. The number of hydrogen-bond donors (Lipinski definition) is 0. The van der Waals surface area contributed by atoms with Gasteiger partial charge in [0.2, 0.25) is 0 Å². The zero-order valence-electron chi connectivity index (χ0n) is 21.4. The second-order valence-electron chi connectivity index (χ2n) is 9.57. The third-order valence-electron chi connectivity index (χ3n) is 7.54. The van der Waals surface area contributed by atoms with Crippen LogP contribution in [0.25, 0.3) is 0 Å². The van der Waals surface area contributed by atoms with E-state index in [1.54, 1.807) is 46.8 Å². The van der Waals surface area contributed by atoms with Gasteiger partial charge in [-0.15, -0.1) is 0 Å². The molecule has 9 nitrogen and oxygen atoms in total. The fourth-order valence-electron chi connectivity index (χ4n) is 5.23. The predicted molar refractivity (Wildman–Crippen MR) is 127 cm³/mol. The van der Waals surface area contributed by atoms with Gasteiger partial charge in [-0.25, -0.2) is 14.4 Å². The van der Waals surface area contributed by atoms with Gasteiger partial charge in [0.1, 0.15) is 24.9 Å². The molecule has 36 heavy (non-hydrogen) atoms. The van der Waals surface area contributed by atoms with Crippen LogP contribution >= 0.6 is 0 Å². The van der Waals surface area contributed by atoms with Gasteiger partial charge in [-0.3, -0.25) is 9.59 Å². The topological polar surface area (TPSA) is 122 Å². The number of ketones is 1. The van der Waals surface area contributed by atoms with E-state index in [4.69, 9.17) is 18.9 Å². The molecule has 0 N–H and O–H groups in total. The Morgan fingerprint density at radius 3 is 2.36 bits per heavy atom. The van der Waals surface area contributed by atoms with Crippen molar-refractivity contribution in [2.45, 2.75) is 59.9 Å². The first-order valence-electron chi connectivity index (χ1n) is 11.8. The van der Waals surface area contributed by atoms with E-state index in [2.05, 4.69) is 6.58 Å². The summed E-state index contributed by atoms with van der Waals surface area (Å²) in [5, 5.41) is 0. The minimum Gasteiger partial charge on any atom is -0.461 e. The smallest absolute Gasteiger partial charge is 0.337 e. The summed E-state index contributed by atoms with van der Waals surface area (Å²) in [5.41, 5.74) is -0.947. The maximum atomic E-state index is 13.3. The largest absolute Gasteiger partial charge is 0.461 e. The van der Waals surface area contributed by atoms with E-state index >= 15 is 0 Å². The molecule has 0 amide bonds. The SMILES string of the molecule is C=C1C(=O)OC2C(C)C3C=CC(=O)C3(C)C(OC(=O)C(=CC)COC(C)=O)C1C2OC(=O)C(C)=CC. The van der Waals surface area contributed by atoms with Gasteiger partial charge in [0.25, 0.3) is 0 Å². The van der Waals surface area contributed by atoms with Gasteiger partial charge in [-0.1, -0.05) is 31.7 Å². The van der Waals surface area contributed by atoms with Crippen LogP contribution in [0.1, 0.15) is 41.5 Å². The summed E-state index contributed by atoms with van der Waals surface area (Å²) in [6, 6.07) is 0. The molecule has 194 valence electrons. The van der Waals surface area contributed by atoms with Crippen LogP contribution in [0.5, 0.6) is 0 Å². The summed E-state index contributed by atoms with van der Waals surface area (Å²) in [5.74, 6) is -5.00. The Labute approximate surface area is 210 Å². The fourth-order valence-corrected chi connectivity index (χ4v) is 5.23. The fraction of sp³-hybridized carbons (Fsp3) is 0.519. The summed E-state index contributed by atoms with van der Waals surface area (Å²) in [7, 11) is 0. The molecule has 1 heterocycles. The van der Waals surface area contributed by atoms with Crippen LogP contribution in [0.2, 0.25) is 0 Å². The van der Waals surface area contributed by atoms with Crippen LogP contribution in [0, 0.1) is 23.2 Å². The van der Waals surface area contributed by atoms with Crippen LogP contribution in [-0.4, -0.2) is 54.6 Å². The molecule has 2 bridgehead atoms. The zero-order chi connectivity index (χ0) is 26.9. The van der Waals surface area contributed by atoms with Crippen LogP contribution in [-0.2, 0) is 42.9 Å². The molecule has 2 fully saturated rings. The molecule has 3 rings (SSSR count). The van der Waals surface area contributed by atoms with Gasteiger partial charge in [0.15, 0.2) is 5.78 Å². The highest BCUT2D eigenvalue weighted by molar-refractivity contribution is 6.00. The van der Waals surface area contributed by atoms with Crippen molar-refractivity contribution in [3.63, 3.8) is 0 Å². The number of ether oxygens (including phenoxy) is 4. The molecule has 1 aliphatic heterocycles. The van der Waals surface area contributed by atoms with Crippen molar-refractivity contribution in [2.24, 2.45) is 23.2 Å². The standard InChI is InChI=1S/C27H32O9/c1-8-13(3)24(30)35-22-20-15(5)25(31)34-21(22)14(4)18-10-11-19(29)27(18,7)23(20)36-26(32)17(9-2)12-33-16(6)28/h8-11,14,18,20-23H,5,12H2,1-4,6-7H3. The van der Waals surface area contributed by atoms with E-state index in [1.807, 2.05) is 0 Å². The van der Waals surface area contributed by atoms with Crippen molar-refractivity contribution >= 4 is 29.7 Å². The predicted octanol–water partition coefficient (Wildman–Crippen LogP) is 2.79. The van der Waals surface area contributed by atoms with E-state index < -0.39 is 65.4 Å². The normalized spacial score (nSPS) is 33.9. The van der Waals surface area contributed by atoms with Crippen molar-refractivity contribution in [3.8, 4) is 0 Å². The minimum atomic E-state index is -1.29. The van der Waals surface area contributed by atoms with E-state index in [-0.39, 0.29) is 23.5 Å². The second-order valence-corrected chi connectivity index (χ2v) is 9.57. The molecule has 0 aromatic heterocycles. The van der Waals surface area contributed by atoms with Crippen LogP contribution < -0.4 is 0 Å². The first-order chi connectivity index (χ1) is 16.9. The van der Waals surface area contributed by atoms with E-state index in [0.717, 1.165) is 0 Å². The van der Waals surface area contributed by atoms with Crippen molar-refractivity contribution in [1.29, 1.82) is 0 Å². The van der Waals surface area contributed by atoms with Gasteiger partial charge in [-0.2, -0.15) is 0 Å². The minimum absolute atomic E-state index is 0.0555. The Morgan fingerprint density at radius 2 is 1.78 bits per heavy atom. The molecule has 2 aliphatic carbocycles. The van der Waals surface area contributed by atoms with Crippen LogP contribution in [0.3, 0.4) is 0 Å². The summed E-state index contributed by atoms with van der Waals surface area (Å²) >= 11 is 0. The number of hydrogen-bond acceptors (Lipinski definition) is 9. The van der Waals surface area contributed by atoms with Gasteiger partial charge < -0.3 is 18.9 Å². The molecule has 0 aromatic carbocycles. The number of esters is 4. The number of allylic oxidation sites excluding steroid dienone is 4. The first kappa shape index (κ1) is 27.1. The molecule has 1 saturated carbocycles. The van der Waals surface area contributed by atoms with Gasteiger partial charge >= 0.3 is 23.9 Å². The first-order valence-corrected chi connectivity index (χ1v) is 11.8. The monoisotopic (exact) mass is 500 g/mol. The molecule has 3 aliphatic rings. The van der Waals surface area contributed by atoms with Crippen molar-refractivity contribution in [1.82, 2.24) is 0 Å². The van der Waals surface area contributed by atoms with Gasteiger partial charge in [0, 0.05) is 24.0 Å². The molecule has 7 atom stereocenters. The molecule has 0 spiro atoms. The zero-order valence-corrected chi connectivity index (χ0v) is 21.4. The van der Waals surface area contributed by atoms with Gasteiger partial charge in [0.05, 0.1) is 16.9 Å². The number of rotatable bonds is 6. The Bertz CT molecular complexity index is 1090. The molecule has 9 heteroatoms. The van der Waals surface area contributed by atoms with E-state index in [0.29, 0.717) is 5.57 Å².